The molecule has 1 N–H and O–H groups in total. The highest BCUT2D eigenvalue weighted by atomic mass is 19.4. The third-order valence-corrected chi connectivity index (χ3v) is 3.98. The minimum Gasteiger partial charge on any atom is -0.398 e. The zero-order valence-corrected chi connectivity index (χ0v) is 16.6. The molecule has 0 heterocycles. The van der Waals surface area contributed by atoms with E-state index in [0.717, 1.165) is 5.56 Å². The van der Waals surface area contributed by atoms with Gasteiger partial charge in [0.15, 0.2) is 5.71 Å². The number of carbonyl (C=O) groups is 1. The van der Waals surface area contributed by atoms with Crippen molar-refractivity contribution in [3.63, 3.8) is 0 Å². The van der Waals surface area contributed by atoms with E-state index in [2.05, 4.69) is 15.6 Å². The monoisotopic (exact) mass is 421 g/mol. The van der Waals surface area contributed by atoms with Gasteiger partial charge in [0, 0.05) is 24.6 Å². The molecule has 0 fully saturated rings. The van der Waals surface area contributed by atoms with Crippen LogP contribution in [0.1, 0.15) is 22.3 Å². The SMILES string of the molecule is CNC(=O)C(=NOC)c1ccccc1C=NOCCc1cccc(CC(F)(F)F)c1. The van der Waals surface area contributed by atoms with Gasteiger partial charge in [-0.3, -0.25) is 4.79 Å². The summed E-state index contributed by atoms with van der Waals surface area (Å²) in [6.45, 7) is 0.183. The number of halogens is 3. The fraction of sp³-hybridized carbons (Fsp3) is 0.286. The van der Waals surface area contributed by atoms with Gasteiger partial charge >= 0.3 is 6.18 Å². The van der Waals surface area contributed by atoms with Crippen LogP contribution in [0.15, 0.2) is 58.8 Å². The van der Waals surface area contributed by atoms with Gasteiger partial charge in [0.25, 0.3) is 5.91 Å². The lowest BCUT2D eigenvalue weighted by atomic mass is 10.0. The van der Waals surface area contributed by atoms with Crippen LogP contribution in [0.2, 0.25) is 0 Å². The van der Waals surface area contributed by atoms with E-state index in [1.54, 1.807) is 36.4 Å². The Morgan fingerprint density at radius 1 is 1.13 bits per heavy atom. The van der Waals surface area contributed by atoms with E-state index in [1.807, 2.05) is 0 Å². The van der Waals surface area contributed by atoms with E-state index in [0.29, 0.717) is 17.5 Å². The van der Waals surface area contributed by atoms with Crippen LogP contribution >= 0.6 is 0 Å². The summed E-state index contributed by atoms with van der Waals surface area (Å²) in [7, 11) is 2.82. The summed E-state index contributed by atoms with van der Waals surface area (Å²) in [4.78, 5) is 22.0. The van der Waals surface area contributed by atoms with Gasteiger partial charge in [0.1, 0.15) is 13.7 Å². The average molecular weight is 421 g/mol. The molecular formula is C21H22F3N3O3. The second kappa shape index (κ2) is 11.0. The second-order valence-corrected chi connectivity index (χ2v) is 6.22. The summed E-state index contributed by atoms with van der Waals surface area (Å²) in [6, 6.07) is 13.2. The predicted octanol–water partition coefficient (Wildman–Crippen LogP) is 3.48. The first-order chi connectivity index (χ1) is 14.3. The molecule has 2 aromatic rings. The summed E-state index contributed by atoms with van der Waals surface area (Å²) < 4.78 is 37.5. The fourth-order valence-electron chi connectivity index (χ4n) is 2.68. The number of nitrogens with zero attached hydrogens (tertiary/aromatic N) is 2. The largest absolute Gasteiger partial charge is 0.398 e. The van der Waals surface area contributed by atoms with Crippen molar-refractivity contribution in [2.24, 2.45) is 10.3 Å². The molecule has 0 aromatic heterocycles. The third kappa shape index (κ3) is 7.23. The molecule has 2 rings (SSSR count). The lowest BCUT2D eigenvalue weighted by molar-refractivity contribution is -0.127. The van der Waals surface area contributed by atoms with Crippen LogP contribution in [0.5, 0.6) is 0 Å². The van der Waals surface area contributed by atoms with Crippen molar-refractivity contribution in [2.45, 2.75) is 19.0 Å². The van der Waals surface area contributed by atoms with Crippen LogP contribution in [-0.4, -0.2) is 44.8 Å². The Labute approximate surface area is 172 Å². The number of nitrogens with one attached hydrogen (secondary N) is 1. The number of rotatable bonds is 9. The van der Waals surface area contributed by atoms with E-state index in [9.17, 15) is 18.0 Å². The molecule has 30 heavy (non-hydrogen) atoms. The number of alkyl halides is 3. The van der Waals surface area contributed by atoms with Crippen molar-refractivity contribution in [3.8, 4) is 0 Å². The Morgan fingerprint density at radius 2 is 1.87 bits per heavy atom. The Kier molecular flexibility index (Phi) is 8.40. The highest BCUT2D eigenvalue weighted by Crippen LogP contribution is 2.21. The zero-order chi connectivity index (χ0) is 22.0. The Morgan fingerprint density at radius 3 is 2.57 bits per heavy atom. The quantitative estimate of drug-likeness (QED) is 0.383. The Bertz CT molecular complexity index is 912. The summed E-state index contributed by atoms with van der Waals surface area (Å²) >= 11 is 0. The van der Waals surface area contributed by atoms with Crippen molar-refractivity contribution >= 4 is 17.8 Å². The van der Waals surface area contributed by atoms with Gasteiger partial charge < -0.3 is 15.0 Å². The predicted molar refractivity (Wildman–Crippen MR) is 108 cm³/mol. The van der Waals surface area contributed by atoms with Crippen molar-refractivity contribution in [3.05, 3.63) is 70.8 Å². The van der Waals surface area contributed by atoms with Gasteiger partial charge in [-0.2, -0.15) is 13.2 Å². The number of likely N-dealkylation sites (N-methyl/N-ethyl adjacent to an activating group) is 1. The maximum atomic E-state index is 12.5. The van der Waals surface area contributed by atoms with Gasteiger partial charge in [-0.15, -0.1) is 0 Å². The van der Waals surface area contributed by atoms with Crippen LogP contribution in [0.25, 0.3) is 0 Å². The molecule has 0 aliphatic carbocycles. The molecule has 0 unspecified atom stereocenters. The second-order valence-electron chi connectivity index (χ2n) is 6.22. The van der Waals surface area contributed by atoms with Crippen molar-refractivity contribution < 1.29 is 27.6 Å². The standard InChI is InChI=1S/C21H22F3N3O3/c1-25-20(28)19(27-29-2)18-9-4-3-8-17(18)14-26-30-11-10-15-6-5-7-16(12-15)13-21(22,23)24/h3-9,12,14H,10-11,13H2,1-2H3,(H,25,28). The van der Waals surface area contributed by atoms with Crippen LogP contribution in [-0.2, 0) is 27.3 Å². The van der Waals surface area contributed by atoms with Gasteiger partial charge in [0.05, 0.1) is 12.6 Å². The number of amides is 1. The van der Waals surface area contributed by atoms with E-state index in [4.69, 9.17) is 9.68 Å². The molecule has 0 saturated carbocycles. The molecule has 2 aromatic carbocycles. The van der Waals surface area contributed by atoms with Gasteiger partial charge in [0.2, 0.25) is 0 Å². The number of benzene rings is 2. The van der Waals surface area contributed by atoms with Gasteiger partial charge in [-0.25, -0.2) is 0 Å². The number of oxime groups is 2. The van der Waals surface area contributed by atoms with E-state index < -0.39 is 18.5 Å². The smallest absolute Gasteiger partial charge is 0.393 e. The van der Waals surface area contributed by atoms with E-state index in [1.165, 1.54) is 32.5 Å². The first-order valence-electron chi connectivity index (χ1n) is 9.06. The molecule has 6 nitrogen and oxygen atoms in total. The Hall–Kier alpha value is -3.36. The zero-order valence-electron chi connectivity index (χ0n) is 16.6. The van der Waals surface area contributed by atoms with Crippen molar-refractivity contribution in [2.75, 3.05) is 20.8 Å². The van der Waals surface area contributed by atoms with Crippen LogP contribution in [0.4, 0.5) is 13.2 Å². The molecule has 0 aliphatic rings. The van der Waals surface area contributed by atoms with Crippen LogP contribution in [0.3, 0.4) is 0 Å². The minimum absolute atomic E-state index is 0.0866. The van der Waals surface area contributed by atoms with Crippen molar-refractivity contribution in [1.82, 2.24) is 5.32 Å². The summed E-state index contributed by atoms with van der Waals surface area (Å²) in [5, 5.41) is 10.2. The highest BCUT2D eigenvalue weighted by Gasteiger charge is 2.27. The van der Waals surface area contributed by atoms with Gasteiger partial charge in [-0.1, -0.05) is 58.8 Å². The van der Waals surface area contributed by atoms with E-state index >= 15 is 0 Å². The molecule has 0 atom stereocenters. The van der Waals surface area contributed by atoms with Crippen molar-refractivity contribution in [1.29, 1.82) is 0 Å². The molecule has 0 aliphatic heterocycles. The fourth-order valence-corrected chi connectivity index (χ4v) is 2.68. The molecule has 0 saturated heterocycles. The molecule has 9 heteroatoms. The highest BCUT2D eigenvalue weighted by molar-refractivity contribution is 6.46. The normalized spacial score (nSPS) is 12.1. The first-order valence-corrected chi connectivity index (χ1v) is 9.06. The number of hydrogen-bond donors (Lipinski definition) is 1. The first kappa shape index (κ1) is 22.9. The molecule has 0 bridgehead atoms. The number of carbonyl (C=O) groups excluding carboxylic acids is 1. The molecule has 1 amide bonds. The summed E-state index contributed by atoms with van der Waals surface area (Å²) in [5.41, 5.74) is 2.11. The Balaban J connectivity index is 2.00. The van der Waals surface area contributed by atoms with Crippen LogP contribution in [0, 0.1) is 0 Å². The average Bonchev–Trinajstić information content (AvgIpc) is 2.71. The molecular weight excluding hydrogens is 399 g/mol. The summed E-state index contributed by atoms with van der Waals surface area (Å²) in [6.07, 6.45) is -3.37. The number of hydrogen-bond acceptors (Lipinski definition) is 5. The topological polar surface area (TPSA) is 72.3 Å². The molecule has 0 spiro atoms. The maximum absolute atomic E-state index is 12.5. The van der Waals surface area contributed by atoms with E-state index in [-0.39, 0.29) is 17.9 Å². The third-order valence-electron chi connectivity index (χ3n) is 3.98. The maximum Gasteiger partial charge on any atom is 0.393 e. The summed E-state index contributed by atoms with van der Waals surface area (Å²) in [5.74, 6) is -0.419. The molecule has 160 valence electrons. The minimum atomic E-state index is -4.24. The van der Waals surface area contributed by atoms with Crippen LogP contribution < -0.4 is 5.32 Å². The van der Waals surface area contributed by atoms with Gasteiger partial charge in [-0.05, 0) is 11.1 Å². The lowest BCUT2D eigenvalue weighted by Gasteiger charge is -2.08. The lowest BCUT2D eigenvalue weighted by Crippen LogP contribution is -2.29. The molecule has 0 radical (unpaired) electrons.